The van der Waals surface area contributed by atoms with E-state index < -0.39 is 5.54 Å². The number of likely N-dealkylation sites (N-methyl/N-ethyl adjacent to an activating group) is 1. The molecule has 98 valence electrons. The number of nitrogens with one attached hydrogen (secondary N) is 1. The van der Waals surface area contributed by atoms with Crippen LogP contribution in [-0.4, -0.2) is 24.6 Å². The van der Waals surface area contributed by atoms with Gasteiger partial charge in [-0.05, 0) is 44.2 Å². The second kappa shape index (κ2) is 4.94. The number of carbonyl (C=O) groups excluding carboxylic acids is 1. The van der Waals surface area contributed by atoms with E-state index in [2.05, 4.69) is 5.32 Å². The van der Waals surface area contributed by atoms with Crippen LogP contribution in [0.5, 0.6) is 5.75 Å². The molecule has 1 fully saturated rings. The minimum atomic E-state index is -0.676. The van der Waals surface area contributed by atoms with Crippen LogP contribution in [0.15, 0.2) is 24.3 Å². The molecule has 2 atom stereocenters. The fourth-order valence-corrected chi connectivity index (χ4v) is 2.38. The highest BCUT2D eigenvalue weighted by atomic mass is 19.1. The Morgan fingerprint density at radius 2 is 2.17 bits per heavy atom. The van der Waals surface area contributed by atoms with Gasteiger partial charge in [0.2, 0.25) is 5.91 Å². The van der Waals surface area contributed by atoms with Crippen LogP contribution < -0.4 is 15.8 Å². The van der Waals surface area contributed by atoms with Gasteiger partial charge in [0.15, 0.2) is 0 Å². The molecule has 1 amide bonds. The SMILES string of the molecule is CNC1(C(N)=O)CCC(Oc2ccc(F)cc2)C1. The van der Waals surface area contributed by atoms with Crippen molar-refractivity contribution in [3.05, 3.63) is 30.1 Å². The summed E-state index contributed by atoms with van der Waals surface area (Å²) >= 11 is 0. The molecule has 1 saturated carbocycles. The Labute approximate surface area is 105 Å². The number of primary amides is 1. The van der Waals surface area contributed by atoms with Crippen LogP contribution >= 0.6 is 0 Å². The number of carbonyl (C=O) groups is 1. The van der Waals surface area contributed by atoms with Gasteiger partial charge in [-0.3, -0.25) is 4.79 Å². The maximum atomic E-state index is 12.8. The zero-order chi connectivity index (χ0) is 13.2. The van der Waals surface area contributed by atoms with Crippen molar-refractivity contribution in [3.63, 3.8) is 0 Å². The molecule has 5 heteroatoms. The van der Waals surface area contributed by atoms with E-state index >= 15 is 0 Å². The van der Waals surface area contributed by atoms with Crippen LogP contribution in [0.25, 0.3) is 0 Å². The smallest absolute Gasteiger partial charge is 0.237 e. The molecule has 0 bridgehead atoms. The van der Waals surface area contributed by atoms with Crippen molar-refractivity contribution in [3.8, 4) is 5.75 Å². The number of rotatable bonds is 4. The first-order valence-electron chi connectivity index (χ1n) is 5.97. The third kappa shape index (κ3) is 2.46. The molecule has 0 spiro atoms. The number of nitrogens with two attached hydrogens (primary N) is 1. The van der Waals surface area contributed by atoms with Crippen LogP contribution in [0, 0.1) is 5.82 Å². The minimum Gasteiger partial charge on any atom is -0.490 e. The fourth-order valence-electron chi connectivity index (χ4n) is 2.38. The maximum Gasteiger partial charge on any atom is 0.237 e. The maximum absolute atomic E-state index is 12.8. The van der Waals surface area contributed by atoms with Crippen LogP contribution in [-0.2, 0) is 4.79 Å². The lowest BCUT2D eigenvalue weighted by atomic mass is 9.97. The average Bonchev–Trinajstić information content (AvgIpc) is 2.77. The fraction of sp³-hybridized carbons (Fsp3) is 0.462. The lowest BCUT2D eigenvalue weighted by Gasteiger charge is -2.24. The van der Waals surface area contributed by atoms with Crippen LogP contribution in [0.1, 0.15) is 19.3 Å². The van der Waals surface area contributed by atoms with Gasteiger partial charge in [0.1, 0.15) is 23.2 Å². The highest BCUT2D eigenvalue weighted by molar-refractivity contribution is 5.85. The molecule has 0 aliphatic heterocycles. The third-order valence-electron chi connectivity index (χ3n) is 3.54. The van der Waals surface area contributed by atoms with Gasteiger partial charge in [-0.25, -0.2) is 4.39 Å². The topological polar surface area (TPSA) is 64.3 Å². The highest BCUT2D eigenvalue weighted by Crippen LogP contribution is 2.32. The van der Waals surface area contributed by atoms with E-state index in [0.29, 0.717) is 18.6 Å². The van der Waals surface area contributed by atoms with E-state index in [-0.39, 0.29) is 17.8 Å². The second-order valence-corrected chi connectivity index (χ2v) is 4.63. The molecule has 18 heavy (non-hydrogen) atoms. The first-order valence-corrected chi connectivity index (χ1v) is 5.97. The van der Waals surface area contributed by atoms with Crippen molar-refractivity contribution in [2.45, 2.75) is 30.9 Å². The predicted octanol–water partition coefficient (Wildman–Crippen LogP) is 1.20. The summed E-state index contributed by atoms with van der Waals surface area (Å²) in [5.41, 5.74) is 4.74. The number of ether oxygens (including phenoxy) is 1. The van der Waals surface area contributed by atoms with E-state index in [1.165, 1.54) is 12.1 Å². The average molecular weight is 252 g/mol. The number of amides is 1. The number of hydrogen-bond acceptors (Lipinski definition) is 3. The van der Waals surface area contributed by atoms with Crippen molar-refractivity contribution < 1.29 is 13.9 Å². The molecule has 1 aromatic carbocycles. The Morgan fingerprint density at radius 1 is 1.50 bits per heavy atom. The van der Waals surface area contributed by atoms with Crippen LogP contribution in [0.4, 0.5) is 4.39 Å². The Hall–Kier alpha value is -1.62. The van der Waals surface area contributed by atoms with Crippen molar-refractivity contribution in [2.75, 3.05) is 7.05 Å². The number of halogens is 1. The Balaban J connectivity index is 2.01. The van der Waals surface area contributed by atoms with E-state index in [9.17, 15) is 9.18 Å². The first kappa shape index (κ1) is 12.8. The summed E-state index contributed by atoms with van der Waals surface area (Å²) < 4.78 is 18.5. The molecule has 2 rings (SSSR count). The van der Waals surface area contributed by atoms with Crippen molar-refractivity contribution >= 4 is 5.91 Å². The molecule has 0 saturated heterocycles. The summed E-state index contributed by atoms with van der Waals surface area (Å²) in [7, 11) is 1.73. The Bertz CT molecular complexity index is 435. The van der Waals surface area contributed by atoms with Gasteiger partial charge in [0, 0.05) is 6.42 Å². The van der Waals surface area contributed by atoms with E-state index in [1.807, 2.05) is 0 Å². The summed E-state index contributed by atoms with van der Waals surface area (Å²) in [5, 5.41) is 2.99. The van der Waals surface area contributed by atoms with Gasteiger partial charge < -0.3 is 15.8 Å². The molecule has 1 aliphatic rings. The largest absolute Gasteiger partial charge is 0.490 e. The van der Waals surface area contributed by atoms with Gasteiger partial charge in [-0.2, -0.15) is 0 Å². The first-order chi connectivity index (χ1) is 8.55. The Kier molecular flexibility index (Phi) is 3.52. The van der Waals surface area contributed by atoms with E-state index in [1.54, 1.807) is 19.2 Å². The van der Waals surface area contributed by atoms with Gasteiger partial charge in [0.05, 0.1) is 0 Å². The summed E-state index contributed by atoms with van der Waals surface area (Å²) in [4.78, 5) is 11.5. The van der Waals surface area contributed by atoms with Gasteiger partial charge in [-0.1, -0.05) is 0 Å². The highest BCUT2D eigenvalue weighted by Gasteiger charge is 2.43. The zero-order valence-corrected chi connectivity index (χ0v) is 10.3. The summed E-state index contributed by atoms with van der Waals surface area (Å²) in [6.07, 6.45) is 1.87. The normalized spacial score (nSPS) is 27.1. The quantitative estimate of drug-likeness (QED) is 0.846. The number of hydrogen-bond donors (Lipinski definition) is 2. The van der Waals surface area contributed by atoms with Crippen molar-refractivity contribution in [1.82, 2.24) is 5.32 Å². The predicted molar refractivity (Wildman–Crippen MR) is 65.7 cm³/mol. The lowest BCUT2D eigenvalue weighted by molar-refractivity contribution is -0.124. The zero-order valence-electron chi connectivity index (χ0n) is 10.3. The summed E-state index contributed by atoms with van der Waals surface area (Å²) in [6, 6.07) is 5.87. The molecule has 3 N–H and O–H groups in total. The lowest BCUT2D eigenvalue weighted by Crippen LogP contribution is -2.52. The monoisotopic (exact) mass is 252 g/mol. The van der Waals surface area contributed by atoms with Crippen LogP contribution in [0.3, 0.4) is 0 Å². The Morgan fingerprint density at radius 3 is 2.67 bits per heavy atom. The molecular weight excluding hydrogens is 235 g/mol. The molecule has 0 radical (unpaired) electrons. The standard InChI is InChI=1S/C13H17FN2O2/c1-16-13(12(15)17)7-6-11(8-13)18-10-4-2-9(14)3-5-10/h2-5,11,16H,6-8H2,1H3,(H2,15,17). The molecule has 1 aliphatic carbocycles. The van der Waals surface area contributed by atoms with Gasteiger partial charge >= 0.3 is 0 Å². The summed E-state index contributed by atoms with van der Waals surface area (Å²) in [5.74, 6) is -0.0385. The summed E-state index contributed by atoms with van der Waals surface area (Å²) in [6.45, 7) is 0. The molecular formula is C13H17FN2O2. The third-order valence-corrected chi connectivity index (χ3v) is 3.54. The molecule has 1 aromatic rings. The van der Waals surface area contributed by atoms with E-state index in [4.69, 9.17) is 10.5 Å². The van der Waals surface area contributed by atoms with Gasteiger partial charge in [0.25, 0.3) is 0 Å². The van der Waals surface area contributed by atoms with Gasteiger partial charge in [-0.15, -0.1) is 0 Å². The molecule has 0 heterocycles. The minimum absolute atomic E-state index is 0.0737. The van der Waals surface area contributed by atoms with Crippen LogP contribution in [0.2, 0.25) is 0 Å². The van der Waals surface area contributed by atoms with Crippen molar-refractivity contribution in [1.29, 1.82) is 0 Å². The second-order valence-electron chi connectivity index (χ2n) is 4.63. The van der Waals surface area contributed by atoms with E-state index in [0.717, 1.165) is 6.42 Å². The molecule has 4 nitrogen and oxygen atoms in total. The van der Waals surface area contributed by atoms with Crippen molar-refractivity contribution in [2.24, 2.45) is 5.73 Å². The molecule has 0 aromatic heterocycles. The number of benzene rings is 1. The molecule has 2 unspecified atom stereocenters.